The van der Waals surface area contributed by atoms with Gasteiger partial charge in [0.15, 0.2) is 0 Å². The molecule has 2 aromatic rings. The summed E-state index contributed by atoms with van der Waals surface area (Å²) in [5, 5.41) is 0. The number of hydrogen-bond donors (Lipinski definition) is 0. The van der Waals surface area contributed by atoms with Gasteiger partial charge >= 0.3 is 0 Å². The standard InChI is InChI=1S/C26H28O5/c1-6-11-28-25-17-7-8-19-16(9-10-26(3,4)31-19)24(17)30-22-14-29-21-12-15(2)20(27-5)13-18(21)23(22)25/h6-10,12-13,22-23,25H,1,11,14H2,2-5H3/t22-,23+,25-/m1/s1. The van der Waals surface area contributed by atoms with E-state index in [9.17, 15) is 0 Å². The molecule has 0 fully saturated rings. The van der Waals surface area contributed by atoms with Crippen molar-refractivity contribution in [3.05, 3.63) is 65.3 Å². The summed E-state index contributed by atoms with van der Waals surface area (Å²) in [5.74, 6) is 3.31. The summed E-state index contributed by atoms with van der Waals surface area (Å²) in [4.78, 5) is 0. The van der Waals surface area contributed by atoms with Crippen molar-refractivity contribution in [1.29, 1.82) is 0 Å². The Morgan fingerprint density at radius 3 is 2.81 bits per heavy atom. The zero-order valence-corrected chi connectivity index (χ0v) is 18.4. The second-order valence-corrected chi connectivity index (χ2v) is 8.83. The molecule has 0 spiro atoms. The lowest BCUT2D eigenvalue weighted by molar-refractivity contribution is -0.0318. The topological polar surface area (TPSA) is 46.2 Å². The molecule has 5 rings (SSSR count). The lowest BCUT2D eigenvalue weighted by atomic mass is 9.79. The summed E-state index contributed by atoms with van der Waals surface area (Å²) < 4.78 is 30.8. The Morgan fingerprint density at radius 2 is 2.03 bits per heavy atom. The molecule has 0 saturated carbocycles. The van der Waals surface area contributed by atoms with Crippen molar-refractivity contribution in [2.45, 2.75) is 44.5 Å². The third-order valence-corrected chi connectivity index (χ3v) is 6.20. The molecule has 0 saturated heterocycles. The van der Waals surface area contributed by atoms with Gasteiger partial charge in [-0.3, -0.25) is 0 Å². The summed E-state index contributed by atoms with van der Waals surface area (Å²) in [6, 6.07) is 8.18. The monoisotopic (exact) mass is 420 g/mol. The van der Waals surface area contributed by atoms with Crippen LogP contribution in [0.5, 0.6) is 23.0 Å². The first-order chi connectivity index (χ1) is 14.9. The van der Waals surface area contributed by atoms with Gasteiger partial charge in [0.2, 0.25) is 0 Å². The zero-order chi connectivity index (χ0) is 21.8. The van der Waals surface area contributed by atoms with E-state index >= 15 is 0 Å². The van der Waals surface area contributed by atoms with Crippen LogP contribution in [0.1, 0.15) is 48.1 Å². The number of aryl methyl sites for hydroxylation is 1. The number of fused-ring (bicyclic) bond motifs is 6. The van der Waals surface area contributed by atoms with Crippen LogP contribution in [0.15, 0.2) is 43.0 Å². The predicted octanol–water partition coefficient (Wildman–Crippen LogP) is 5.37. The predicted molar refractivity (Wildman–Crippen MR) is 119 cm³/mol. The maximum absolute atomic E-state index is 6.57. The minimum Gasteiger partial charge on any atom is -0.496 e. The molecule has 3 heterocycles. The molecule has 0 bridgehead atoms. The van der Waals surface area contributed by atoms with Gasteiger partial charge in [0.05, 0.1) is 31.3 Å². The summed E-state index contributed by atoms with van der Waals surface area (Å²) in [6.45, 7) is 10.8. The van der Waals surface area contributed by atoms with Crippen LogP contribution in [0.3, 0.4) is 0 Å². The first kappa shape index (κ1) is 20.0. The van der Waals surface area contributed by atoms with Gasteiger partial charge in [0.1, 0.15) is 41.3 Å². The summed E-state index contributed by atoms with van der Waals surface area (Å²) >= 11 is 0. The van der Waals surface area contributed by atoms with Crippen LogP contribution in [0.25, 0.3) is 6.08 Å². The van der Waals surface area contributed by atoms with E-state index in [4.69, 9.17) is 23.7 Å². The normalized spacial score (nSPS) is 24.3. The fraction of sp³-hybridized carbons (Fsp3) is 0.385. The van der Waals surface area contributed by atoms with Gasteiger partial charge in [-0.05, 0) is 62.8 Å². The average Bonchev–Trinajstić information content (AvgIpc) is 2.75. The third-order valence-electron chi connectivity index (χ3n) is 6.20. The Morgan fingerprint density at radius 1 is 1.19 bits per heavy atom. The van der Waals surface area contributed by atoms with Crippen molar-refractivity contribution in [3.8, 4) is 23.0 Å². The molecular weight excluding hydrogens is 392 g/mol. The molecular formula is C26H28O5. The van der Waals surface area contributed by atoms with Crippen molar-refractivity contribution in [1.82, 2.24) is 0 Å². The summed E-state index contributed by atoms with van der Waals surface area (Å²) in [5.41, 5.74) is 3.71. The van der Waals surface area contributed by atoms with Crippen LogP contribution >= 0.6 is 0 Å². The summed E-state index contributed by atoms with van der Waals surface area (Å²) in [6.07, 6.45) is 5.55. The minimum atomic E-state index is -0.349. The molecule has 31 heavy (non-hydrogen) atoms. The van der Waals surface area contributed by atoms with Crippen LogP contribution in [0, 0.1) is 6.92 Å². The molecule has 0 N–H and O–H groups in total. The van der Waals surface area contributed by atoms with Gasteiger partial charge in [-0.25, -0.2) is 0 Å². The van der Waals surface area contributed by atoms with Crippen molar-refractivity contribution in [2.75, 3.05) is 20.3 Å². The molecule has 0 aliphatic carbocycles. The molecule has 162 valence electrons. The largest absolute Gasteiger partial charge is 0.496 e. The first-order valence-corrected chi connectivity index (χ1v) is 10.7. The van der Waals surface area contributed by atoms with Gasteiger partial charge in [0, 0.05) is 11.1 Å². The van der Waals surface area contributed by atoms with Crippen LogP contribution in [-0.4, -0.2) is 32.0 Å². The van der Waals surface area contributed by atoms with Crippen molar-refractivity contribution in [3.63, 3.8) is 0 Å². The number of methoxy groups -OCH3 is 1. The van der Waals surface area contributed by atoms with Gasteiger partial charge in [-0.15, -0.1) is 6.58 Å². The number of rotatable bonds is 4. The molecule has 0 unspecified atom stereocenters. The van der Waals surface area contributed by atoms with E-state index in [1.54, 1.807) is 13.2 Å². The molecule has 0 amide bonds. The van der Waals surface area contributed by atoms with Crippen molar-refractivity contribution < 1.29 is 23.7 Å². The van der Waals surface area contributed by atoms with Crippen LogP contribution in [0.4, 0.5) is 0 Å². The highest BCUT2D eigenvalue weighted by atomic mass is 16.6. The van der Waals surface area contributed by atoms with E-state index in [1.165, 1.54) is 0 Å². The molecule has 5 nitrogen and oxygen atoms in total. The van der Waals surface area contributed by atoms with E-state index in [0.29, 0.717) is 13.2 Å². The molecule has 0 aromatic heterocycles. The quantitative estimate of drug-likeness (QED) is 0.623. The Labute approximate surface area is 183 Å². The molecule has 3 aliphatic rings. The van der Waals surface area contributed by atoms with Crippen LogP contribution in [0.2, 0.25) is 0 Å². The maximum Gasteiger partial charge on any atom is 0.142 e. The van der Waals surface area contributed by atoms with Gasteiger partial charge in [0.25, 0.3) is 0 Å². The van der Waals surface area contributed by atoms with E-state index in [1.807, 2.05) is 32.9 Å². The molecule has 3 aliphatic heterocycles. The van der Waals surface area contributed by atoms with Gasteiger partial charge in [-0.1, -0.05) is 6.08 Å². The van der Waals surface area contributed by atoms with Crippen LogP contribution in [-0.2, 0) is 4.74 Å². The third kappa shape index (κ3) is 3.28. The fourth-order valence-corrected chi connectivity index (χ4v) is 4.74. The second-order valence-electron chi connectivity index (χ2n) is 8.83. The number of ether oxygens (including phenoxy) is 5. The van der Waals surface area contributed by atoms with E-state index in [-0.39, 0.29) is 23.7 Å². The Bertz CT molecular complexity index is 1070. The van der Waals surface area contributed by atoms with Crippen molar-refractivity contribution in [2.24, 2.45) is 0 Å². The van der Waals surface area contributed by atoms with Gasteiger partial charge in [-0.2, -0.15) is 0 Å². The zero-order valence-electron chi connectivity index (χ0n) is 18.4. The molecule has 3 atom stereocenters. The first-order valence-electron chi connectivity index (χ1n) is 10.7. The Kier molecular flexibility index (Phi) is 4.74. The van der Waals surface area contributed by atoms with Gasteiger partial charge < -0.3 is 23.7 Å². The Balaban J connectivity index is 1.65. The van der Waals surface area contributed by atoms with Crippen molar-refractivity contribution >= 4 is 6.08 Å². The second kappa shape index (κ2) is 7.34. The lowest BCUT2D eigenvalue weighted by Crippen LogP contribution is -2.43. The molecule has 2 aromatic carbocycles. The van der Waals surface area contributed by atoms with Crippen LogP contribution < -0.4 is 18.9 Å². The molecule has 0 radical (unpaired) electrons. The lowest BCUT2D eigenvalue weighted by Gasteiger charge is -2.43. The van der Waals surface area contributed by atoms with E-state index < -0.39 is 0 Å². The van der Waals surface area contributed by atoms with E-state index in [2.05, 4.69) is 30.9 Å². The highest BCUT2D eigenvalue weighted by Crippen LogP contribution is 2.54. The minimum absolute atomic E-state index is 0.0197. The van der Waals surface area contributed by atoms with E-state index in [0.717, 1.165) is 45.3 Å². The SMILES string of the molecule is C=CCO[C@@H]1c2ccc3c(c2O[C@@H]2COc4cc(C)c(OC)cc4[C@H]12)C=CC(C)(C)O3. The summed E-state index contributed by atoms with van der Waals surface area (Å²) in [7, 11) is 1.69. The Hall–Kier alpha value is -2.92. The number of benzene rings is 2. The average molecular weight is 421 g/mol. The maximum atomic E-state index is 6.57. The number of hydrogen-bond acceptors (Lipinski definition) is 5. The fourth-order valence-electron chi connectivity index (χ4n) is 4.74. The smallest absolute Gasteiger partial charge is 0.142 e. The highest BCUT2D eigenvalue weighted by Gasteiger charge is 2.46. The highest BCUT2D eigenvalue weighted by molar-refractivity contribution is 5.70. The molecule has 5 heteroatoms.